The van der Waals surface area contributed by atoms with E-state index in [1.807, 2.05) is 0 Å². The van der Waals surface area contributed by atoms with Crippen molar-refractivity contribution in [1.82, 2.24) is 19.4 Å². The number of fused-ring (bicyclic) bond motifs is 1. The van der Waals surface area contributed by atoms with Crippen LogP contribution < -0.4 is 21.5 Å². The van der Waals surface area contributed by atoms with Crippen LogP contribution in [0.4, 0.5) is 23.2 Å². The Morgan fingerprint density at radius 3 is 2.50 bits per heavy atom. The van der Waals surface area contributed by atoms with Gasteiger partial charge >= 0.3 is 17.8 Å². The molecule has 46 heavy (non-hydrogen) atoms. The van der Waals surface area contributed by atoms with Crippen LogP contribution >= 0.6 is 0 Å². The number of ether oxygens (including phenoxy) is 2. The van der Waals surface area contributed by atoms with Crippen LogP contribution in [0.2, 0.25) is 0 Å². The maximum atomic E-state index is 15.3. The molecule has 2 aromatic heterocycles. The van der Waals surface area contributed by atoms with Crippen molar-refractivity contribution in [3.8, 4) is 5.69 Å². The maximum absolute atomic E-state index is 15.3. The summed E-state index contributed by atoms with van der Waals surface area (Å²) < 4.78 is 68.2. The number of halogens is 4. The van der Waals surface area contributed by atoms with Crippen molar-refractivity contribution < 1.29 is 36.6 Å². The molecule has 1 fully saturated rings. The van der Waals surface area contributed by atoms with E-state index in [9.17, 15) is 32.3 Å². The minimum atomic E-state index is -4.62. The minimum Gasteiger partial charge on any atom is -0.467 e. The molecule has 1 aliphatic heterocycles. The van der Waals surface area contributed by atoms with Crippen LogP contribution in [0.1, 0.15) is 21.5 Å². The molecule has 0 radical (unpaired) electrons. The van der Waals surface area contributed by atoms with Gasteiger partial charge in [-0.25, -0.2) is 18.5 Å². The number of morpholine rings is 1. The first-order chi connectivity index (χ1) is 21.8. The smallest absolute Gasteiger partial charge is 0.411 e. The molecule has 0 spiro atoms. The third-order valence-electron chi connectivity index (χ3n) is 7.84. The summed E-state index contributed by atoms with van der Waals surface area (Å²) in [6, 6.07) is 6.50. The monoisotopic (exact) mass is 643 g/mol. The quantitative estimate of drug-likeness (QED) is 0.241. The number of anilines is 1. The van der Waals surface area contributed by atoms with E-state index in [1.54, 1.807) is 12.1 Å². The van der Waals surface area contributed by atoms with Gasteiger partial charge in [-0.05, 0) is 48.4 Å². The Balaban J connectivity index is 1.38. The molecule has 0 bridgehead atoms. The number of pyridine rings is 1. The molecule has 1 aliphatic rings. The van der Waals surface area contributed by atoms with Crippen molar-refractivity contribution in [2.24, 2.45) is 7.05 Å². The second kappa shape index (κ2) is 12.7. The molecule has 2 aromatic carbocycles. The van der Waals surface area contributed by atoms with Gasteiger partial charge in [-0.15, -0.1) is 0 Å². The van der Waals surface area contributed by atoms with Crippen LogP contribution in [-0.2, 0) is 27.7 Å². The number of carbonyl (C=O) groups excluding carboxylic acids is 2. The molecule has 242 valence electrons. The minimum absolute atomic E-state index is 0.0185. The molecular weight excluding hydrogens is 614 g/mol. The Morgan fingerprint density at radius 2 is 1.85 bits per heavy atom. The van der Waals surface area contributed by atoms with Crippen molar-refractivity contribution in [3.05, 3.63) is 98.2 Å². The lowest BCUT2D eigenvalue weighted by molar-refractivity contribution is -0.167. The summed E-state index contributed by atoms with van der Waals surface area (Å²) in [5.74, 6) is -2.86. The van der Waals surface area contributed by atoms with E-state index in [1.165, 1.54) is 55.2 Å². The number of esters is 1. The molecule has 2 atom stereocenters. The fourth-order valence-corrected chi connectivity index (χ4v) is 5.47. The number of hydrogen-bond donors (Lipinski definition) is 1. The molecule has 0 unspecified atom stereocenters. The fraction of sp³-hybridized carbons (Fsp3) is 0.323. The van der Waals surface area contributed by atoms with Crippen LogP contribution in [0.3, 0.4) is 0 Å². The van der Waals surface area contributed by atoms with Gasteiger partial charge < -0.3 is 19.7 Å². The maximum Gasteiger partial charge on any atom is 0.411 e. The van der Waals surface area contributed by atoms with E-state index in [4.69, 9.17) is 9.47 Å². The number of hydrogen-bond acceptors (Lipinski definition) is 8. The lowest BCUT2D eigenvalue weighted by Crippen LogP contribution is -2.53. The SMILES string of the molecule is COC(=O)[C@H](Cc1ccc(-n2c(=O)c3ccncc3n(C)c2=O)cc1)NC(=O)c1c(C)cc(N2CCOC[C@@H]2C(F)(F)F)cc1F. The summed E-state index contributed by atoms with van der Waals surface area (Å²) >= 11 is 0. The number of nitrogens with zero attached hydrogens (tertiary/aromatic N) is 4. The highest BCUT2D eigenvalue weighted by Crippen LogP contribution is 2.33. The normalized spacial score (nSPS) is 15.9. The highest BCUT2D eigenvalue weighted by molar-refractivity contribution is 5.98. The number of rotatable bonds is 7. The number of amides is 1. The number of benzene rings is 2. The fourth-order valence-electron chi connectivity index (χ4n) is 5.47. The number of alkyl halides is 3. The molecule has 1 amide bonds. The summed E-state index contributed by atoms with van der Waals surface area (Å²) in [5, 5.41) is 2.74. The third-order valence-corrected chi connectivity index (χ3v) is 7.84. The van der Waals surface area contributed by atoms with Crippen LogP contribution in [0.5, 0.6) is 0 Å². The second-order valence-electron chi connectivity index (χ2n) is 10.7. The van der Waals surface area contributed by atoms with Gasteiger partial charge in [-0.2, -0.15) is 13.2 Å². The molecule has 5 rings (SSSR count). The third kappa shape index (κ3) is 6.22. The predicted octanol–water partition coefficient (Wildman–Crippen LogP) is 2.81. The summed E-state index contributed by atoms with van der Waals surface area (Å²) in [6.45, 7) is 0.664. The van der Waals surface area contributed by atoms with Gasteiger partial charge in [-0.3, -0.25) is 19.1 Å². The van der Waals surface area contributed by atoms with Gasteiger partial charge in [0.2, 0.25) is 0 Å². The van der Waals surface area contributed by atoms with E-state index in [0.717, 1.165) is 22.6 Å². The molecule has 4 aromatic rings. The van der Waals surface area contributed by atoms with E-state index in [0.29, 0.717) is 11.1 Å². The summed E-state index contributed by atoms with van der Waals surface area (Å²) in [4.78, 5) is 56.9. The number of carbonyl (C=O) groups is 2. The standard InChI is InChI=1S/C31H29F4N5O6/c1-17-12-20(39-10-11-46-16-25(39)31(33,34)35)14-22(32)26(17)27(41)37-23(29(43)45-3)13-18-4-6-19(7-5-18)40-28(42)21-8-9-36-15-24(21)38(2)30(40)44/h4-9,12,14-15,23,25H,10-11,13,16H2,1-3H3,(H,37,41)/t23-,25+/m0/s1. The first-order valence-corrected chi connectivity index (χ1v) is 14.1. The highest BCUT2D eigenvalue weighted by Gasteiger charge is 2.45. The number of methoxy groups -OCH3 is 1. The molecule has 11 nitrogen and oxygen atoms in total. The van der Waals surface area contributed by atoms with Gasteiger partial charge in [0, 0.05) is 31.9 Å². The van der Waals surface area contributed by atoms with Crippen LogP contribution in [0.15, 0.2) is 64.4 Å². The number of aryl methyl sites for hydroxylation is 2. The summed E-state index contributed by atoms with van der Waals surface area (Å²) in [6.07, 6.45) is -1.86. The molecule has 0 saturated carbocycles. The molecule has 0 aliphatic carbocycles. The Bertz CT molecular complexity index is 1900. The van der Waals surface area contributed by atoms with Gasteiger partial charge in [0.25, 0.3) is 11.5 Å². The Morgan fingerprint density at radius 1 is 1.13 bits per heavy atom. The Kier molecular flexibility index (Phi) is 8.96. The van der Waals surface area contributed by atoms with Gasteiger partial charge in [-0.1, -0.05) is 12.1 Å². The Labute approximate surface area is 259 Å². The topological polar surface area (TPSA) is 125 Å². The first-order valence-electron chi connectivity index (χ1n) is 14.1. The zero-order chi connectivity index (χ0) is 33.3. The van der Waals surface area contributed by atoms with Crippen molar-refractivity contribution in [3.63, 3.8) is 0 Å². The van der Waals surface area contributed by atoms with Crippen LogP contribution in [-0.4, -0.2) is 71.1 Å². The summed E-state index contributed by atoms with van der Waals surface area (Å²) in [5.41, 5.74) is -0.431. The first kappa shape index (κ1) is 32.3. The van der Waals surface area contributed by atoms with E-state index in [-0.39, 0.29) is 41.9 Å². The molecular formula is C31H29F4N5O6. The average Bonchev–Trinajstić information content (AvgIpc) is 3.03. The van der Waals surface area contributed by atoms with Crippen molar-refractivity contribution in [2.45, 2.75) is 31.6 Å². The zero-order valence-corrected chi connectivity index (χ0v) is 24.9. The van der Waals surface area contributed by atoms with Gasteiger partial charge in [0.1, 0.15) is 17.9 Å². The highest BCUT2D eigenvalue weighted by atomic mass is 19.4. The molecule has 1 N–H and O–H groups in total. The van der Waals surface area contributed by atoms with Crippen LogP contribution in [0.25, 0.3) is 16.6 Å². The number of aromatic nitrogens is 3. The predicted molar refractivity (Wildman–Crippen MR) is 159 cm³/mol. The summed E-state index contributed by atoms with van der Waals surface area (Å²) in [7, 11) is 2.63. The Hall–Kier alpha value is -5.05. The average molecular weight is 644 g/mol. The van der Waals surface area contributed by atoms with E-state index in [2.05, 4.69) is 10.3 Å². The molecule has 15 heteroatoms. The van der Waals surface area contributed by atoms with Crippen molar-refractivity contribution in [1.29, 1.82) is 0 Å². The van der Waals surface area contributed by atoms with E-state index >= 15 is 4.39 Å². The van der Waals surface area contributed by atoms with Crippen molar-refractivity contribution in [2.75, 3.05) is 31.8 Å². The molecule has 1 saturated heterocycles. The van der Waals surface area contributed by atoms with Crippen LogP contribution in [0, 0.1) is 12.7 Å². The lowest BCUT2D eigenvalue weighted by Gasteiger charge is -2.38. The molecule has 3 heterocycles. The largest absolute Gasteiger partial charge is 0.467 e. The lowest BCUT2D eigenvalue weighted by atomic mass is 10.0. The number of nitrogens with one attached hydrogen (secondary N) is 1. The zero-order valence-electron chi connectivity index (χ0n) is 24.9. The van der Waals surface area contributed by atoms with Gasteiger partial charge in [0.05, 0.1) is 48.7 Å². The van der Waals surface area contributed by atoms with E-state index < -0.39 is 59.4 Å². The van der Waals surface area contributed by atoms with Crippen molar-refractivity contribution >= 4 is 28.5 Å². The van der Waals surface area contributed by atoms with Gasteiger partial charge in [0.15, 0.2) is 0 Å². The second-order valence-corrected chi connectivity index (χ2v) is 10.7.